The molecule has 4 aromatic carbocycles. The van der Waals surface area contributed by atoms with E-state index in [9.17, 15) is 0 Å². The van der Waals surface area contributed by atoms with E-state index in [1.807, 2.05) is 0 Å². The van der Waals surface area contributed by atoms with Crippen molar-refractivity contribution in [3.63, 3.8) is 0 Å². The summed E-state index contributed by atoms with van der Waals surface area (Å²) in [4.78, 5) is 0. The van der Waals surface area contributed by atoms with Gasteiger partial charge in [-0.15, -0.1) is 24.8 Å². The van der Waals surface area contributed by atoms with E-state index >= 15 is 0 Å². The molecule has 0 unspecified atom stereocenters. The zero-order chi connectivity index (χ0) is 36.0. The maximum absolute atomic E-state index is 6.68. The summed E-state index contributed by atoms with van der Waals surface area (Å²) in [5, 5.41) is 0.764. The van der Waals surface area contributed by atoms with Crippen LogP contribution >= 0.6 is 36.4 Å². The van der Waals surface area contributed by atoms with Gasteiger partial charge in [0.05, 0.1) is 0 Å². The summed E-state index contributed by atoms with van der Waals surface area (Å²) in [7, 11) is 0. The third-order valence-corrected chi connectivity index (χ3v) is 28.1. The molecule has 0 fully saturated rings. The Bertz CT molecular complexity index is 2090. The van der Waals surface area contributed by atoms with E-state index in [1.54, 1.807) is 3.27 Å². The van der Waals surface area contributed by atoms with Crippen molar-refractivity contribution >= 4 is 50.4 Å². The standard InChI is InChI=1S/C29H41.C6H4Cl.C6H5.C5H5.CH2.2ClH.Zr/c1-26(2,3)22-14-18-13-19-15-23(27(4,5)6)25(29(10,11)12)17-21(19)20(18)16-24(22)28(7,8)9;7-6-4-2-1-3-5-6;1-2-4-6-5-3-1;1-2-4-5-3-1;;;;/h14,16-17H,13H2,1-12H3;2-5H;1-5H;1-3H,4H2;1H2;2*1H;. The molecule has 0 spiro atoms. The summed E-state index contributed by atoms with van der Waals surface area (Å²) in [6.07, 6.45) is 8.88. The van der Waals surface area contributed by atoms with Crippen LogP contribution in [0.25, 0.3) is 11.1 Å². The van der Waals surface area contributed by atoms with Gasteiger partial charge >= 0.3 is 305 Å². The number of benzene rings is 4. The van der Waals surface area contributed by atoms with Gasteiger partial charge in [0.2, 0.25) is 0 Å². The summed E-state index contributed by atoms with van der Waals surface area (Å²) < 4.78 is 11.6. The molecule has 2 aliphatic rings. The van der Waals surface area contributed by atoms with Gasteiger partial charge in [-0.25, -0.2) is 0 Å². The number of allylic oxidation sites excluding steroid dienone is 4. The first-order chi connectivity index (χ1) is 22.6. The minimum atomic E-state index is -5.04. The van der Waals surface area contributed by atoms with Crippen LogP contribution in [0.5, 0.6) is 0 Å². The summed E-state index contributed by atoms with van der Waals surface area (Å²) in [5.41, 5.74) is 11.5. The average molecular weight is 822 g/mol. The second kappa shape index (κ2) is 13.7. The predicted molar refractivity (Wildman–Crippen MR) is 230 cm³/mol. The van der Waals surface area contributed by atoms with E-state index in [2.05, 4.69) is 174 Å². The molecule has 0 saturated carbocycles. The van der Waals surface area contributed by atoms with Crippen molar-refractivity contribution in [2.45, 2.75) is 118 Å². The fourth-order valence-electron chi connectivity index (χ4n) is 9.07. The molecule has 4 heteroatoms. The third-order valence-electron chi connectivity index (χ3n) is 11.4. The van der Waals surface area contributed by atoms with Crippen LogP contribution in [-0.2, 0) is 46.4 Å². The van der Waals surface area contributed by atoms with E-state index in [0.29, 0.717) is 0 Å². The van der Waals surface area contributed by atoms with Crippen molar-refractivity contribution in [3.05, 3.63) is 133 Å². The van der Waals surface area contributed by atoms with Crippen LogP contribution in [0.4, 0.5) is 0 Å². The molecule has 0 amide bonds. The van der Waals surface area contributed by atoms with Crippen molar-refractivity contribution in [1.82, 2.24) is 0 Å². The molecule has 0 bridgehead atoms. The fourth-order valence-corrected chi connectivity index (χ4v) is 25.9. The molecule has 0 N–H and O–H groups in total. The van der Waals surface area contributed by atoms with Crippen molar-refractivity contribution in [1.29, 1.82) is 0 Å². The van der Waals surface area contributed by atoms with Gasteiger partial charge in [0.1, 0.15) is 0 Å². The molecular formula is C47H59Cl3Zr. The quantitative estimate of drug-likeness (QED) is 0.169. The van der Waals surface area contributed by atoms with Crippen LogP contribution in [0, 0.1) is 0 Å². The molecule has 6 rings (SSSR count). The van der Waals surface area contributed by atoms with E-state index in [0.717, 1.165) is 17.9 Å². The molecule has 0 saturated heterocycles. The molecule has 4 aromatic rings. The van der Waals surface area contributed by atoms with E-state index < -0.39 is 18.3 Å². The van der Waals surface area contributed by atoms with Gasteiger partial charge in [0, 0.05) is 0 Å². The van der Waals surface area contributed by atoms with Gasteiger partial charge < -0.3 is 0 Å². The van der Waals surface area contributed by atoms with Crippen molar-refractivity contribution in [2.24, 2.45) is 0 Å². The Morgan fingerprint density at radius 1 is 0.608 bits per heavy atom. The Balaban J connectivity index is 0.00000292. The van der Waals surface area contributed by atoms with Crippen LogP contribution < -0.4 is 9.81 Å². The van der Waals surface area contributed by atoms with Crippen LogP contribution in [0.1, 0.15) is 123 Å². The molecule has 51 heavy (non-hydrogen) atoms. The normalized spacial score (nSPS) is 14.7. The second-order valence-corrected chi connectivity index (χ2v) is 32.3. The van der Waals surface area contributed by atoms with Crippen LogP contribution in [0.3, 0.4) is 0 Å². The number of hydrogen-bond donors (Lipinski definition) is 0. The predicted octanol–water partition coefficient (Wildman–Crippen LogP) is 12.2. The molecule has 0 aliphatic heterocycles. The molecule has 0 nitrogen and oxygen atoms in total. The van der Waals surface area contributed by atoms with Gasteiger partial charge in [0.15, 0.2) is 0 Å². The summed E-state index contributed by atoms with van der Waals surface area (Å²) in [6, 6.07) is 28.0. The van der Waals surface area contributed by atoms with Gasteiger partial charge in [-0.3, -0.25) is 0 Å². The molecule has 0 heterocycles. The number of rotatable bonds is 4. The average Bonchev–Trinajstić information content (AvgIpc) is 3.67. The van der Waals surface area contributed by atoms with E-state index in [1.165, 1.54) is 54.3 Å². The topological polar surface area (TPSA) is 0 Å². The Hall–Kier alpha value is -2.02. The van der Waals surface area contributed by atoms with Gasteiger partial charge in [-0.2, -0.15) is 0 Å². The Labute approximate surface area is 327 Å². The summed E-state index contributed by atoms with van der Waals surface area (Å²) >= 11 is 1.64. The summed E-state index contributed by atoms with van der Waals surface area (Å²) in [6.45, 7) is 28.7. The van der Waals surface area contributed by atoms with E-state index in [-0.39, 0.29) is 46.5 Å². The van der Waals surface area contributed by atoms with Crippen molar-refractivity contribution in [2.75, 3.05) is 0 Å². The Morgan fingerprint density at radius 3 is 1.61 bits per heavy atom. The van der Waals surface area contributed by atoms with Crippen molar-refractivity contribution in [3.8, 4) is 11.1 Å². The molecule has 2 aliphatic carbocycles. The Kier molecular flexibility index (Phi) is 11.2. The molecule has 272 valence electrons. The number of halogens is 3. The van der Waals surface area contributed by atoms with Crippen LogP contribution in [0.2, 0.25) is 5.02 Å². The van der Waals surface area contributed by atoms with Gasteiger partial charge in [-0.05, 0) is 0 Å². The van der Waals surface area contributed by atoms with Gasteiger partial charge in [-0.1, -0.05) is 0 Å². The van der Waals surface area contributed by atoms with Crippen LogP contribution in [0.15, 0.2) is 94.3 Å². The zero-order valence-corrected chi connectivity index (χ0v) is 37.8. The maximum atomic E-state index is 6.68. The molecule has 0 atom stereocenters. The zero-order valence-electron chi connectivity index (χ0n) is 33.0. The minimum absolute atomic E-state index is 0. The number of fused-ring (bicyclic) bond motifs is 3. The van der Waals surface area contributed by atoms with E-state index in [4.69, 9.17) is 15.8 Å². The molecular weight excluding hydrogens is 762 g/mol. The number of hydrogen-bond acceptors (Lipinski definition) is 0. The van der Waals surface area contributed by atoms with Crippen LogP contribution in [-0.4, -0.2) is 4.21 Å². The molecule has 0 radical (unpaired) electrons. The summed E-state index contributed by atoms with van der Waals surface area (Å²) in [5.74, 6) is 0. The first-order valence-electron chi connectivity index (χ1n) is 18.2. The second-order valence-electron chi connectivity index (χ2n) is 19.1. The SMILES string of the molecule is Cl.Cl.[CH2]=[Zr]([C]1=CC=CC1)([c]1ccccc1)([c]1ccc(Cl)cc1)[c]1c2c(cc(C(C)(C)C)c1C(C)(C)C)-c1cc(C(C)(C)C)c(C(C)(C)C)cc1C2. The third kappa shape index (κ3) is 6.71. The first-order valence-corrected chi connectivity index (χ1v) is 25.2. The first kappa shape index (κ1) is 41.7. The monoisotopic (exact) mass is 818 g/mol. The fraction of sp³-hybridized carbons (Fsp3) is 0.383. The van der Waals surface area contributed by atoms with Gasteiger partial charge in [0.25, 0.3) is 0 Å². The van der Waals surface area contributed by atoms with Crippen molar-refractivity contribution < 1.29 is 18.3 Å². The molecule has 0 aromatic heterocycles. The Morgan fingerprint density at radius 2 is 1.12 bits per heavy atom.